The zero-order valence-corrected chi connectivity index (χ0v) is 11.8. The predicted molar refractivity (Wildman–Crippen MR) is 74.8 cm³/mol. The second kappa shape index (κ2) is 6.71. The number of alkyl halides is 1. The van der Waals surface area contributed by atoms with Crippen molar-refractivity contribution in [1.82, 2.24) is 10.2 Å². The van der Waals surface area contributed by atoms with Gasteiger partial charge in [-0.05, 0) is 12.5 Å². The third-order valence-electron chi connectivity index (χ3n) is 2.57. The minimum absolute atomic E-state index is 0.668. The van der Waals surface area contributed by atoms with Gasteiger partial charge in [0.05, 0.1) is 7.11 Å². The molecular weight excluding hydrogens is 268 g/mol. The van der Waals surface area contributed by atoms with Crippen LogP contribution in [0.25, 0.3) is 0 Å². The van der Waals surface area contributed by atoms with Gasteiger partial charge in [0.1, 0.15) is 15.8 Å². The number of benzene rings is 1. The Morgan fingerprint density at radius 2 is 2.00 bits per heavy atom. The first-order valence-corrected chi connectivity index (χ1v) is 7.17. The zero-order chi connectivity index (χ0) is 12.8. The van der Waals surface area contributed by atoms with Gasteiger partial charge in [0, 0.05) is 24.3 Å². The van der Waals surface area contributed by atoms with Gasteiger partial charge >= 0.3 is 0 Å². The number of nitrogens with zero attached hydrogens (tertiary/aromatic N) is 2. The first-order chi connectivity index (χ1) is 8.83. The molecule has 0 aliphatic heterocycles. The Morgan fingerprint density at radius 3 is 2.78 bits per heavy atom. The average molecular weight is 283 g/mol. The summed E-state index contributed by atoms with van der Waals surface area (Å²) in [6, 6.07) is 7.99. The molecular formula is C13H15ClN2OS. The van der Waals surface area contributed by atoms with Crippen LogP contribution in [0.3, 0.4) is 0 Å². The Kier molecular flexibility index (Phi) is 4.96. The lowest BCUT2D eigenvalue weighted by Crippen LogP contribution is -1.92. The van der Waals surface area contributed by atoms with Gasteiger partial charge in [-0.15, -0.1) is 33.1 Å². The van der Waals surface area contributed by atoms with Gasteiger partial charge < -0.3 is 4.74 Å². The zero-order valence-electron chi connectivity index (χ0n) is 10.2. The van der Waals surface area contributed by atoms with Crippen LogP contribution in [0, 0.1) is 0 Å². The largest absolute Gasteiger partial charge is 0.496 e. The lowest BCUT2D eigenvalue weighted by Gasteiger charge is -2.05. The van der Waals surface area contributed by atoms with Gasteiger partial charge in [-0.3, -0.25) is 0 Å². The van der Waals surface area contributed by atoms with E-state index in [0.29, 0.717) is 5.88 Å². The summed E-state index contributed by atoms with van der Waals surface area (Å²) >= 11 is 7.32. The van der Waals surface area contributed by atoms with Crippen molar-refractivity contribution in [2.24, 2.45) is 0 Å². The van der Waals surface area contributed by atoms with Gasteiger partial charge in [0.2, 0.25) is 0 Å². The Labute approximate surface area is 116 Å². The van der Waals surface area contributed by atoms with Crippen LogP contribution < -0.4 is 4.74 Å². The van der Waals surface area contributed by atoms with Gasteiger partial charge in [0.15, 0.2) is 0 Å². The summed E-state index contributed by atoms with van der Waals surface area (Å²) in [5, 5.41) is 10.5. The fraction of sp³-hybridized carbons (Fsp3) is 0.385. The van der Waals surface area contributed by atoms with E-state index >= 15 is 0 Å². The molecule has 0 spiro atoms. The summed E-state index contributed by atoms with van der Waals surface area (Å²) in [5.41, 5.74) is 1.14. The molecule has 96 valence electrons. The van der Waals surface area contributed by atoms with E-state index in [1.807, 2.05) is 18.2 Å². The Bertz CT molecular complexity index is 501. The third kappa shape index (κ3) is 3.43. The monoisotopic (exact) mass is 282 g/mol. The Balaban J connectivity index is 2.06. The summed E-state index contributed by atoms with van der Waals surface area (Å²) in [4.78, 5) is 0. The van der Waals surface area contributed by atoms with E-state index in [2.05, 4.69) is 16.3 Å². The van der Waals surface area contributed by atoms with Crippen LogP contribution in [-0.4, -0.2) is 23.2 Å². The Hall–Kier alpha value is -1.13. The number of aromatic nitrogens is 2. The van der Waals surface area contributed by atoms with Crippen molar-refractivity contribution in [2.45, 2.75) is 19.3 Å². The highest BCUT2D eigenvalue weighted by Crippen LogP contribution is 2.22. The van der Waals surface area contributed by atoms with Crippen LogP contribution in [0.4, 0.5) is 0 Å². The van der Waals surface area contributed by atoms with Crippen LogP contribution in [0.2, 0.25) is 0 Å². The molecule has 0 N–H and O–H groups in total. The molecule has 1 aromatic carbocycles. The Morgan fingerprint density at radius 1 is 1.22 bits per heavy atom. The maximum atomic E-state index is 5.67. The number of ether oxygens (including phenoxy) is 1. The standard InChI is InChI=1S/C13H15ClN2OS/c1-17-11-6-3-2-5-10(11)9-13-16-15-12(18-13)7-4-8-14/h2-3,5-6H,4,7-9H2,1H3. The maximum absolute atomic E-state index is 5.67. The number of hydrogen-bond donors (Lipinski definition) is 0. The van der Waals surface area contributed by atoms with E-state index in [0.717, 1.165) is 40.6 Å². The van der Waals surface area contributed by atoms with Crippen LogP contribution in [-0.2, 0) is 12.8 Å². The molecule has 0 aliphatic rings. The molecule has 0 unspecified atom stereocenters. The topological polar surface area (TPSA) is 35.0 Å². The highest BCUT2D eigenvalue weighted by atomic mass is 35.5. The molecule has 0 bridgehead atoms. The number of hydrogen-bond acceptors (Lipinski definition) is 4. The van der Waals surface area contributed by atoms with Crippen LogP contribution in [0.5, 0.6) is 5.75 Å². The summed E-state index contributed by atoms with van der Waals surface area (Å²) in [5.74, 6) is 1.57. The lowest BCUT2D eigenvalue weighted by molar-refractivity contribution is 0.410. The lowest BCUT2D eigenvalue weighted by atomic mass is 10.1. The second-order valence-corrected chi connectivity index (χ2v) is 5.40. The second-order valence-electron chi connectivity index (χ2n) is 3.87. The van der Waals surface area contributed by atoms with Crippen molar-refractivity contribution < 1.29 is 4.74 Å². The molecule has 2 aromatic rings. The SMILES string of the molecule is COc1ccccc1Cc1nnc(CCCCl)s1. The molecule has 0 atom stereocenters. The molecule has 0 amide bonds. The first kappa shape index (κ1) is 13.3. The highest BCUT2D eigenvalue weighted by molar-refractivity contribution is 7.11. The molecule has 2 rings (SSSR count). The van der Waals surface area contributed by atoms with E-state index in [4.69, 9.17) is 16.3 Å². The van der Waals surface area contributed by atoms with E-state index in [1.165, 1.54) is 0 Å². The first-order valence-electron chi connectivity index (χ1n) is 5.82. The van der Waals surface area contributed by atoms with E-state index < -0.39 is 0 Å². The number of methoxy groups -OCH3 is 1. The molecule has 0 radical (unpaired) electrons. The normalized spacial score (nSPS) is 10.6. The summed E-state index contributed by atoms with van der Waals surface area (Å²) in [7, 11) is 1.69. The van der Waals surface area contributed by atoms with E-state index in [1.54, 1.807) is 18.4 Å². The van der Waals surface area contributed by atoms with Crippen molar-refractivity contribution >= 4 is 22.9 Å². The van der Waals surface area contributed by atoms with E-state index in [9.17, 15) is 0 Å². The molecule has 0 saturated heterocycles. The van der Waals surface area contributed by atoms with E-state index in [-0.39, 0.29) is 0 Å². The maximum Gasteiger partial charge on any atom is 0.122 e. The van der Waals surface area contributed by atoms with Crippen LogP contribution in [0.1, 0.15) is 22.0 Å². The van der Waals surface area contributed by atoms with Crippen LogP contribution in [0.15, 0.2) is 24.3 Å². The average Bonchev–Trinajstić information content (AvgIpc) is 2.84. The number of halogens is 1. The minimum Gasteiger partial charge on any atom is -0.496 e. The van der Waals surface area contributed by atoms with Gasteiger partial charge in [-0.25, -0.2) is 0 Å². The van der Waals surface area contributed by atoms with Crippen molar-refractivity contribution in [2.75, 3.05) is 13.0 Å². The van der Waals surface area contributed by atoms with Gasteiger partial charge in [-0.1, -0.05) is 18.2 Å². The van der Waals surface area contributed by atoms with Gasteiger partial charge in [0.25, 0.3) is 0 Å². The van der Waals surface area contributed by atoms with Crippen LogP contribution >= 0.6 is 22.9 Å². The number of para-hydroxylation sites is 1. The fourth-order valence-electron chi connectivity index (χ4n) is 1.69. The summed E-state index contributed by atoms with van der Waals surface area (Å²) in [6.45, 7) is 0. The minimum atomic E-state index is 0.668. The molecule has 3 nitrogen and oxygen atoms in total. The number of rotatable bonds is 6. The summed E-state index contributed by atoms with van der Waals surface area (Å²) < 4.78 is 5.33. The molecule has 1 aromatic heterocycles. The van der Waals surface area contributed by atoms with Gasteiger partial charge in [-0.2, -0.15) is 0 Å². The molecule has 0 saturated carbocycles. The smallest absolute Gasteiger partial charge is 0.122 e. The fourth-order valence-corrected chi connectivity index (χ4v) is 2.73. The summed E-state index contributed by atoms with van der Waals surface area (Å²) in [6.07, 6.45) is 2.63. The molecule has 1 heterocycles. The predicted octanol–water partition coefficient (Wildman–Crippen LogP) is 3.31. The third-order valence-corrected chi connectivity index (χ3v) is 3.82. The quantitative estimate of drug-likeness (QED) is 0.763. The van der Waals surface area contributed by atoms with Crippen molar-refractivity contribution in [3.63, 3.8) is 0 Å². The molecule has 0 fully saturated rings. The molecule has 0 aliphatic carbocycles. The number of aryl methyl sites for hydroxylation is 1. The molecule has 5 heteroatoms. The highest BCUT2D eigenvalue weighted by Gasteiger charge is 2.08. The molecule has 18 heavy (non-hydrogen) atoms. The van der Waals surface area contributed by atoms with Crippen molar-refractivity contribution in [1.29, 1.82) is 0 Å². The van der Waals surface area contributed by atoms with Crippen molar-refractivity contribution in [3.05, 3.63) is 39.8 Å². The van der Waals surface area contributed by atoms with Crippen molar-refractivity contribution in [3.8, 4) is 5.75 Å².